The topological polar surface area (TPSA) is 29.1 Å². The molecule has 1 amide bonds. The minimum absolute atomic E-state index is 0.105. The number of anilines is 1. The van der Waals surface area contributed by atoms with E-state index in [0.29, 0.717) is 11.8 Å². The Balaban J connectivity index is 1.44. The molecule has 0 aliphatic carbocycles. The summed E-state index contributed by atoms with van der Waals surface area (Å²) in [5.41, 5.74) is 7.29. The minimum atomic E-state index is -0.489. The normalized spacial score (nSPS) is 15.1. The fourth-order valence-electron chi connectivity index (χ4n) is 6.71. The van der Waals surface area contributed by atoms with Crippen LogP contribution in [-0.2, 0) is 17.6 Å². The van der Waals surface area contributed by atoms with Crippen molar-refractivity contribution in [3.8, 4) is 0 Å². The minimum Gasteiger partial charge on any atom is -0.326 e. The second-order valence-corrected chi connectivity index (χ2v) is 14.5. The molecular formula is C43H55NO. The van der Waals surface area contributed by atoms with Crippen molar-refractivity contribution in [2.45, 2.75) is 105 Å². The maximum absolute atomic E-state index is 13.9. The summed E-state index contributed by atoms with van der Waals surface area (Å²) in [5, 5.41) is 3.29. The van der Waals surface area contributed by atoms with Gasteiger partial charge in [-0.05, 0) is 102 Å². The highest BCUT2D eigenvalue weighted by atomic mass is 16.2. The second kappa shape index (κ2) is 15.6. The average molecular weight is 602 g/mol. The Morgan fingerprint density at radius 3 is 1.69 bits per heavy atom. The van der Waals surface area contributed by atoms with Gasteiger partial charge in [-0.15, -0.1) is 0 Å². The van der Waals surface area contributed by atoms with Crippen LogP contribution in [0, 0.1) is 10.8 Å². The van der Waals surface area contributed by atoms with Crippen LogP contribution in [0.5, 0.6) is 0 Å². The van der Waals surface area contributed by atoms with Crippen molar-refractivity contribution in [3.05, 3.63) is 137 Å². The van der Waals surface area contributed by atoms with Crippen LogP contribution in [0.25, 0.3) is 0 Å². The fourth-order valence-corrected chi connectivity index (χ4v) is 6.71. The molecule has 0 radical (unpaired) electrons. The van der Waals surface area contributed by atoms with E-state index >= 15 is 0 Å². The molecule has 4 rings (SSSR count). The van der Waals surface area contributed by atoms with Crippen molar-refractivity contribution < 1.29 is 4.79 Å². The molecule has 0 aliphatic rings. The van der Waals surface area contributed by atoms with E-state index in [1.165, 1.54) is 27.8 Å². The second-order valence-electron chi connectivity index (χ2n) is 14.5. The highest BCUT2D eigenvalue weighted by molar-refractivity contribution is 5.95. The SMILES string of the molecule is CCC(C)c1ccc(C(C)CC(CC(C)(CC)C(=O)Nc2ccc(CC(C)(C)Cc3ccccc3)cc2)c2ccccc2)cc1. The van der Waals surface area contributed by atoms with Crippen molar-refractivity contribution in [2.75, 3.05) is 5.32 Å². The Morgan fingerprint density at radius 2 is 1.16 bits per heavy atom. The third-order valence-corrected chi connectivity index (χ3v) is 10.0. The molecule has 0 spiro atoms. The smallest absolute Gasteiger partial charge is 0.230 e. The summed E-state index contributed by atoms with van der Waals surface area (Å²) in [6.07, 6.45) is 5.76. The van der Waals surface area contributed by atoms with Gasteiger partial charge >= 0.3 is 0 Å². The Morgan fingerprint density at radius 1 is 0.644 bits per heavy atom. The molecule has 238 valence electrons. The Hall–Kier alpha value is -3.65. The van der Waals surface area contributed by atoms with Gasteiger partial charge in [-0.25, -0.2) is 0 Å². The Bertz CT molecular complexity index is 1460. The number of carbonyl (C=O) groups is 1. The molecule has 4 atom stereocenters. The van der Waals surface area contributed by atoms with Gasteiger partial charge < -0.3 is 5.32 Å². The zero-order valence-electron chi connectivity index (χ0n) is 28.8. The van der Waals surface area contributed by atoms with Crippen molar-refractivity contribution in [1.29, 1.82) is 0 Å². The number of nitrogens with one attached hydrogen (secondary N) is 1. The summed E-state index contributed by atoms with van der Waals surface area (Å²) in [5.74, 6) is 1.36. The molecule has 4 aromatic rings. The maximum Gasteiger partial charge on any atom is 0.230 e. The number of hydrogen-bond donors (Lipinski definition) is 1. The predicted octanol–water partition coefficient (Wildman–Crippen LogP) is 11.7. The number of carbonyl (C=O) groups excluding carboxylic acids is 1. The van der Waals surface area contributed by atoms with Gasteiger partial charge in [-0.3, -0.25) is 4.79 Å². The molecule has 4 unspecified atom stereocenters. The first-order valence-corrected chi connectivity index (χ1v) is 17.1. The van der Waals surface area contributed by atoms with Crippen LogP contribution in [0.1, 0.15) is 120 Å². The first-order chi connectivity index (χ1) is 21.5. The van der Waals surface area contributed by atoms with Crippen LogP contribution < -0.4 is 5.32 Å². The lowest BCUT2D eigenvalue weighted by atomic mass is 9.72. The molecule has 0 aromatic heterocycles. The van der Waals surface area contributed by atoms with E-state index in [1.807, 2.05) is 0 Å². The zero-order valence-corrected chi connectivity index (χ0v) is 28.8. The molecule has 4 aromatic carbocycles. The van der Waals surface area contributed by atoms with Gasteiger partial charge in [-0.2, -0.15) is 0 Å². The van der Waals surface area contributed by atoms with E-state index in [4.69, 9.17) is 0 Å². The summed E-state index contributed by atoms with van der Waals surface area (Å²) in [7, 11) is 0. The van der Waals surface area contributed by atoms with Crippen molar-refractivity contribution in [2.24, 2.45) is 10.8 Å². The first-order valence-electron chi connectivity index (χ1n) is 17.1. The predicted molar refractivity (Wildman–Crippen MR) is 193 cm³/mol. The number of rotatable bonds is 15. The molecule has 1 N–H and O–H groups in total. The van der Waals surface area contributed by atoms with Crippen molar-refractivity contribution >= 4 is 11.6 Å². The Kier molecular flexibility index (Phi) is 11.8. The van der Waals surface area contributed by atoms with Crippen LogP contribution >= 0.6 is 0 Å². The largest absolute Gasteiger partial charge is 0.326 e. The molecule has 0 saturated carbocycles. The summed E-state index contributed by atoms with van der Waals surface area (Å²) < 4.78 is 0. The molecule has 2 nitrogen and oxygen atoms in total. The summed E-state index contributed by atoms with van der Waals surface area (Å²) in [6, 6.07) is 39.2. The van der Waals surface area contributed by atoms with E-state index in [1.54, 1.807) is 0 Å². The summed E-state index contributed by atoms with van der Waals surface area (Å²) in [6.45, 7) is 15.8. The van der Waals surface area contributed by atoms with Crippen molar-refractivity contribution in [3.63, 3.8) is 0 Å². The van der Waals surface area contributed by atoms with Crippen LogP contribution in [0.3, 0.4) is 0 Å². The van der Waals surface area contributed by atoms with Gasteiger partial charge in [0.05, 0.1) is 0 Å². The molecule has 0 bridgehead atoms. The van der Waals surface area contributed by atoms with E-state index in [2.05, 4.69) is 163 Å². The van der Waals surface area contributed by atoms with Gasteiger partial charge in [0, 0.05) is 11.1 Å². The van der Waals surface area contributed by atoms with Gasteiger partial charge in [-0.1, -0.05) is 146 Å². The maximum atomic E-state index is 13.9. The number of amides is 1. The number of hydrogen-bond acceptors (Lipinski definition) is 1. The fraction of sp³-hybridized carbons (Fsp3) is 0.419. The van der Waals surface area contributed by atoms with Crippen LogP contribution in [-0.4, -0.2) is 5.91 Å². The lowest BCUT2D eigenvalue weighted by Crippen LogP contribution is -2.35. The van der Waals surface area contributed by atoms with Crippen LogP contribution in [0.2, 0.25) is 0 Å². The van der Waals surface area contributed by atoms with Gasteiger partial charge in [0.15, 0.2) is 0 Å². The summed E-state index contributed by atoms with van der Waals surface area (Å²) >= 11 is 0. The molecule has 0 aliphatic heterocycles. The highest BCUT2D eigenvalue weighted by Gasteiger charge is 2.35. The van der Waals surface area contributed by atoms with E-state index in [9.17, 15) is 4.79 Å². The number of benzene rings is 4. The van der Waals surface area contributed by atoms with Crippen molar-refractivity contribution in [1.82, 2.24) is 0 Å². The van der Waals surface area contributed by atoms with Gasteiger partial charge in [0.2, 0.25) is 5.91 Å². The standard InChI is InChI=1S/C43H55NO/c1-8-32(3)36-22-24-37(25-23-36)33(4)28-39(38-18-14-11-15-19-38)31-43(7,9-2)41(45)44-40-26-20-35(21-27-40)30-42(5,6)29-34-16-12-10-13-17-34/h10-27,32-33,39H,8-9,28-31H2,1-7H3,(H,44,45). The Labute approximate surface area is 273 Å². The average Bonchev–Trinajstić information content (AvgIpc) is 3.05. The molecule has 0 saturated heterocycles. The zero-order chi connectivity index (χ0) is 32.5. The quantitative estimate of drug-likeness (QED) is 0.144. The van der Waals surface area contributed by atoms with E-state index in [0.717, 1.165) is 44.2 Å². The van der Waals surface area contributed by atoms with Crippen LogP contribution in [0.15, 0.2) is 109 Å². The molecule has 0 fully saturated rings. The highest BCUT2D eigenvalue weighted by Crippen LogP contribution is 2.41. The van der Waals surface area contributed by atoms with E-state index in [-0.39, 0.29) is 17.2 Å². The van der Waals surface area contributed by atoms with Gasteiger partial charge in [0.1, 0.15) is 0 Å². The van der Waals surface area contributed by atoms with E-state index < -0.39 is 5.41 Å². The third-order valence-electron chi connectivity index (χ3n) is 10.0. The molecular weight excluding hydrogens is 546 g/mol. The van der Waals surface area contributed by atoms with Gasteiger partial charge in [0.25, 0.3) is 0 Å². The monoisotopic (exact) mass is 601 g/mol. The molecule has 2 heteroatoms. The lowest BCUT2D eigenvalue weighted by Gasteiger charge is -2.33. The first kappa shape index (κ1) is 34.2. The van der Waals surface area contributed by atoms with Crippen LogP contribution in [0.4, 0.5) is 5.69 Å². The lowest BCUT2D eigenvalue weighted by molar-refractivity contribution is -0.125. The molecule has 45 heavy (non-hydrogen) atoms. The summed E-state index contributed by atoms with van der Waals surface area (Å²) in [4.78, 5) is 13.9. The third kappa shape index (κ3) is 9.67. The molecule has 0 heterocycles.